The molecule has 0 N–H and O–H groups in total. The van der Waals surface area contributed by atoms with E-state index in [1.165, 1.54) is 51.4 Å². The molecule has 0 radical (unpaired) electrons. The molecule has 0 unspecified atom stereocenters. The predicted octanol–water partition coefficient (Wildman–Crippen LogP) is 6.93. The van der Waals surface area contributed by atoms with Crippen LogP contribution in [0.2, 0.25) is 0 Å². The standard InChI is InChI=1S/C27H45NO3/c1-17(2)7-6-8-18(3)21-11-12-22-20-10-9-19-15-25(29)24(28(30)31)16-27(19,5)23(20)13-14-26(21,22)4/h17-24H,6-16H2,1-5H3/t18-,19+,20+,21+,22-,23-,24-,26+,27+/m1/s1. The maximum atomic E-state index is 12.4. The van der Waals surface area contributed by atoms with Gasteiger partial charge in [0.15, 0.2) is 0 Å². The zero-order chi connectivity index (χ0) is 22.6. The number of nitro groups is 1. The highest BCUT2D eigenvalue weighted by Crippen LogP contribution is 2.68. The number of carbonyl (C=O) groups excluding carboxylic acids is 1. The molecule has 4 rings (SSSR count). The fourth-order valence-electron chi connectivity index (χ4n) is 9.31. The quantitative estimate of drug-likeness (QED) is 0.338. The molecule has 0 aromatic heterocycles. The van der Waals surface area contributed by atoms with Gasteiger partial charge >= 0.3 is 0 Å². The van der Waals surface area contributed by atoms with Crippen LogP contribution in [0.1, 0.15) is 105 Å². The third-order valence-electron chi connectivity index (χ3n) is 11.0. The Morgan fingerprint density at radius 2 is 1.71 bits per heavy atom. The van der Waals surface area contributed by atoms with E-state index in [1.54, 1.807) is 0 Å². The minimum atomic E-state index is -0.953. The molecule has 0 aliphatic heterocycles. The highest BCUT2D eigenvalue weighted by atomic mass is 16.6. The van der Waals surface area contributed by atoms with Crippen LogP contribution in [0.25, 0.3) is 0 Å². The van der Waals surface area contributed by atoms with Crippen molar-refractivity contribution >= 4 is 5.78 Å². The molecule has 9 atom stereocenters. The summed E-state index contributed by atoms with van der Waals surface area (Å²) >= 11 is 0. The molecule has 4 fully saturated rings. The number of fused-ring (bicyclic) bond motifs is 5. The highest BCUT2D eigenvalue weighted by Gasteiger charge is 2.62. The third kappa shape index (κ3) is 3.88. The first kappa shape index (κ1) is 23.2. The first-order valence-corrected chi connectivity index (χ1v) is 13.2. The lowest BCUT2D eigenvalue weighted by molar-refractivity contribution is -0.514. The van der Waals surface area contributed by atoms with Crippen LogP contribution in [0.4, 0.5) is 0 Å². The maximum absolute atomic E-state index is 12.4. The molecule has 0 aromatic carbocycles. The van der Waals surface area contributed by atoms with E-state index in [1.807, 2.05) is 0 Å². The lowest BCUT2D eigenvalue weighted by atomic mass is 9.44. The molecule has 176 valence electrons. The van der Waals surface area contributed by atoms with E-state index in [9.17, 15) is 14.9 Å². The Kier molecular flexibility index (Phi) is 6.33. The Hall–Kier alpha value is -0.930. The molecule has 4 aliphatic carbocycles. The van der Waals surface area contributed by atoms with Crippen LogP contribution in [0.5, 0.6) is 0 Å². The number of nitrogens with zero attached hydrogens (tertiary/aromatic N) is 1. The molecule has 4 heteroatoms. The molecule has 4 aliphatic rings. The second-order valence-corrected chi connectivity index (χ2v) is 12.9. The number of hydrogen-bond donors (Lipinski definition) is 0. The summed E-state index contributed by atoms with van der Waals surface area (Å²) in [5.74, 6) is 4.79. The Bertz CT molecular complexity index is 705. The molecule has 0 heterocycles. The van der Waals surface area contributed by atoms with Gasteiger partial charge in [-0.1, -0.05) is 53.9 Å². The van der Waals surface area contributed by atoms with Crippen LogP contribution in [0.3, 0.4) is 0 Å². The van der Waals surface area contributed by atoms with Gasteiger partial charge in [-0.05, 0) is 90.8 Å². The number of ketones is 1. The van der Waals surface area contributed by atoms with Crippen molar-refractivity contribution in [3.63, 3.8) is 0 Å². The minimum Gasteiger partial charge on any atom is -0.292 e. The first-order valence-electron chi connectivity index (χ1n) is 13.2. The molecular weight excluding hydrogens is 386 g/mol. The summed E-state index contributed by atoms with van der Waals surface area (Å²) in [5, 5.41) is 11.6. The van der Waals surface area contributed by atoms with Crippen molar-refractivity contribution in [3.8, 4) is 0 Å². The maximum Gasteiger partial charge on any atom is 0.270 e. The van der Waals surface area contributed by atoms with Gasteiger partial charge in [0.2, 0.25) is 5.78 Å². The monoisotopic (exact) mass is 431 g/mol. The molecule has 0 amide bonds. The second-order valence-electron chi connectivity index (χ2n) is 12.9. The Morgan fingerprint density at radius 3 is 2.39 bits per heavy atom. The lowest BCUT2D eigenvalue weighted by Crippen LogP contribution is -2.57. The average Bonchev–Trinajstić information content (AvgIpc) is 3.05. The fourth-order valence-corrected chi connectivity index (χ4v) is 9.31. The molecule has 4 saturated carbocycles. The minimum absolute atomic E-state index is 0.0170. The Labute approximate surface area is 189 Å². The zero-order valence-electron chi connectivity index (χ0n) is 20.6. The van der Waals surface area contributed by atoms with E-state index in [-0.39, 0.29) is 16.1 Å². The third-order valence-corrected chi connectivity index (χ3v) is 11.0. The van der Waals surface area contributed by atoms with Gasteiger partial charge in [-0.2, -0.15) is 0 Å². The van der Waals surface area contributed by atoms with Crippen molar-refractivity contribution in [2.24, 2.45) is 52.3 Å². The molecule has 0 aromatic rings. The number of hydrogen-bond acceptors (Lipinski definition) is 3. The topological polar surface area (TPSA) is 60.2 Å². The average molecular weight is 432 g/mol. The van der Waals surface area contributed by atoms with Gasteiger partial charge in [0.1, 0.15) is 0 Å². The summed E-state index contributed by atoms with van der Waals surface area (Å²) in [6.45, 7) is 12.1. The predicted molar refractivity (Wildman–Crippen MR) is 124 cm³/mol. The van der Waals surface area contributed by atoms with Crippen molar-refractivity contribution in [1.82, 2.24) is 0 Å². The van der Waals surface area contributed by atoms with Crippen molar-refractivity contribution in [2.45, 2.75) is 111 Å². The molecule has 0 bridgehead atoms. The van der Waals surface area contributed by atoms with Gasteiger partial charge in [-0.3, -0.25) is 14.9 Å². The Morgan fingerprint density at radius 1 is 1.00 bits per heavy atom. The van der Waals surface area contributed by atoms with Gasteiger partial charge in [0.25, 0.3) is 6.04 Å². The summed E-state index contributed by atoms with van der Waals surface area (Å²) in [6, 6.07) is -0.953. The highest BCUT2D eigenvalue weighted by molar-refractivity contribution is 5.84. The van der Waals surface area contributed by atoms with E-state index < -0.39 is 6.04 Å². The lowest BCUT2D eigenvalue weighted by Gasteiger charge is -2.60. The van der Waals surface area contributed by atoms with Gasteiger partial charge in [0.05, 0.1) is 0 Å². The zero-order valence-corrected chi connectivity index (χ0v) is 20.6. The fraction of sp³-hybridized carbons (Fsp3) is 0.963. The van der Waals surface area contributed by atoms with Crippen molar-refractivity contribution in [1.29, 1.82) is 0 Å². The number of rotatable bonds is 6. The smallest absolute Gasteiger partial charge is 0.270 e. The van der Waals surface area contributed by atoms with E-state index in [2.05, 4.69) is 34.6 Å². The van der Waals surface area contributed by atoms with Crippen molar-refractivity contribution < 1.29 is 9.72 Å². The van der Waals surface area contributed by atoms with Crippen LogP contribution in [0.15, 0.2) is 0 Å². The summed E-state index contributed by atoms with van der Waals surface area (Å²) in [7, 11) is 0. The number of Topliss-reactive ketones (excluding diaryl/α,β-unsaturated/α-hetero) is 1. The summed E-state index contributed by atoms with van der Waals surface area (Å²) in [5.41, 5.74) is 0.436. The largest absolute Gasteiger partial charge is 0.292 e. The van der Waals surface area contributed by atoms with Crippen molar-refractivity contribution in [3.05, 3.63) is 10.1 Å². The summed E-state index contributed by atoms with van der Waals surface area (Å²) < 4.78 is 0. The van der Waals surface area contributed by atoms with Gasteiger partial charge in [-0.15, -0.1) is 0 Å². The molecule has 4 nitrogen and oxygen atoms in total. The van der Waals surface area contributed by atoms with E-state index >= 15 is 0 Å². The molecule has 0 saturated heterocycles. The molecule has 0 spiro atoms. The summed E-state index contributed by atoms with van der Waals surface area (Å²) in [4.78, 5) is 23.8. The second kappa shape index (κ2) is 8.45. The van der Waals surface area contributed by atoms with Crippen molar-refractivity contribution in [2.75, 3.05) is 0 Å². The van der Waals surface area contributed by atoms with Crippen LogP contribution in [-0.4, -0.2) is 16.7 Å². The van der Waals surface area contributed by atoms with E-state index in [0.717, 1.165) is 30.1 Å². The summed E-state index contributed by atoms with van der Waals surface area (Å²) in [6.07, 6.45) is 12.6. The SMILES string of the molecule is CC(C)CCC[C@@H](C)[C@@H]1CC[C@@H]2[C@@H]3CC[C@H]4CC(=O)[C@H]([N+](=O)[O-])C[C@]4(C)[C@@H]3CC[C@]21C. The van der Waals surface area contributed by atoms with Crippen LogP contribution < -0.4 is 0 Å². The van der Waals surface area contributed by atoms with E-state index in [4.69, 9.17) is 0 Å². The Balaban J connectivity index is 1.50. The normalized spacial score (nSPS) is 45.7. The number of carbonyl (C=O) groups is 1. The van der Waals surface area contributed by atoms with Gasteiger partial charge < -0.3 is 0 Å². The van der Waals surface area contributed by atoms with Gasteiger partial charge in [-0.25, -0.2) is 0 Å². The molecule has 31 heavy (non-hydrogen) atoms. The van der Waals surface area contributed by atoms with Crippen LogP contribution in [-0.2, 0) is 4.79 Å². The first-order chi connectivity index (χ1) is 14.6. The van der Waals surface area contributed by atoms with Crippen LogP contribution >= 0.6 is 0 Å². The van der Waals surface area contributed by atoms with E-state index in [0.29, 0.717) is 36.0 Å². The van der Waals surface area contributed by atoms with Gasteiger partial charge in [0, 0.05) is 17.8 Å². The molecular formula is C27H45NO3. The van der Waals surface area contributed by atoms with Crippen LogP contribution in [0, 0.1) is 62.4 Å².